The lowest BCUT2D eigenvalue weighted by atomic mass is 10.0. The van der Waals surface area contributed by atoms with Gasteiger partial charge in [-0.05, 0) is 32.9 Å². The third-order valence-corrected chi connectivity index (χ3v) is 6.86. The van der Waals surface area contributed by atoms with Gasteiger partial charge < -0.3 is 9.80 Å². The summed E-state index contributed by atoms with van der Waals surface area (Å²) >= 11 is 0. The van der Waals surface area contributed by atoms with Crippen LogP contribution in [0, 0.1) is 24.2 Å². The van der Waals surface area contributed by atoms with Gasteiger partial charge in [-0.3, -0.25) is 19.3 Å². The molecule has 0 saturated carbocycles. The first kappa shape index (κ1) is 24.3. The average molecular weight is 496 g/mol. The van der Waals surface area contributed by atoms with Gasteiger partial charge in [0, 0.05) is 61.4 Å². The molecule has 10 heteroatoms. The largest absolute Gasteiger partial charge is 0.349 e. The fraction of sp³-hybridized carbons (Fsp3) is 0.370. The summed E-state index contributed by atoms with van der Waals surface area (Å²) in [5.74, 6) is 1.47. The molecule has 0 aliphatic carbocycles. The molecular weight excluding hydrogens is 466 g/mol. The number of amides is 1. The van der Waals surface area contributed by atoms with Crippen LogP contribution in [0.4, 0.5) is 5.82 Å². The van der Waals surface area contributed by atoms with E-state index in [2.05, 4.69) is 44.8 Å². The van der Waals surface area contributed by atoms with E-state index < -0.39 is 0 Å². The summed E-state index contributed by atoms with van der Waals surface area (Å²) in [6.45, 7) is 11.2. The topological polar surface area (TPSA) is 117 Å². The van der Waals surface area contributed by atoms with Gasteiger partial charge in [-0.15, -0.1) is 0 Å². The number of piperazine rings is 1. The zero-order chi connectivity index (χ0) is 26.3. The number of nitrogens with zero attached hydrogens (tertiary/aromatic N) is 9. The summed E-state index contributed by atoms with van der Waals surface area (Å²) < 4.78 is 1.87. The molecule has 5 heterocycles. The van der Waals surface area contributed by atoms with Crippen molar-refractivity contribution in [1.82, 2.24) is 34.4 Å². The molecule has 0 unspecified atom stereocenters. The predicted octanol–water partition coefficient (Wildman–Crippen LogP) is 3.53. The standard InChI is InChI=1S/C27H29N9O/c1-16(2)27(37)35-13-17(3)34(12-18(35)4)25-23-21(24-19(5)29-8-9-31-24)14-36(26(23)33-15-32-25)22-10-20(11-28)6-7-30-22/h6-10,14-18H,12-13H2,1-5H3/t17-,18+/m0/s1. The molecule has 188 valence electrons. The van der Waals surface area contributed by atoms with Crippen LogP contribution in [0.25, 0.3) is 28.1 Å². The number of rotatable bonds is 4. The molecule has 37 heavy (non-hydrogen) atoms. The van der Waals surface area contributed by atoms with Crippen LogP contribution in [0.15, 0.2) is 43.2 Å². The summed E-state index contributed by atoms with van der Waals surface area (Å²) in [5, 5.41) is 10.3. The summed E-state index contributed by atoms with van der Waals surface area (Å²) in [7, 11) is 0. The zero-order valence-corrected chi connectivity index (χ0v) is 21.6. The average Bonchev–Trinajstić information content (AvgIpc) is 3.29. The van der Waals surface area contributed by atoms with Gasteiger partial charge >= 0.3 is 0 Å². The van der Waals surface area contributed by atoms with Crippen molar-refractivity contribution in [3.8, 4) is 23.1 Å². The van der Waals surface area contributed by atoms with Crippen molar-refractivity contribution in [1.29, 1.82) is 5.26 Å². The van der Waals surface area contributed by atoms with Crippen LogP contribution in [0.1, 0.15) is 39.0 Å². The molecule has 1 aliphatic heterocycles. The fourth-order valence-electron chi connectivity index (χ4n) is 4.97. The molecule has 1 fully saturated rings. The molecule has 0 spiro atoms. The zero-order valence-electron chi connectivity index (χ0n) is 21.6. The van der Waals surface area contributed by atoms with E-state index in [1.165, 1.54) is 0 Å². The number of hydrogen-bond donors (Lipinski definition) is 0. The van der Waals surface area contributed by atoms with Gasteiger partial charge in [-0.25, -0.2) is 15.0 Å². The monoisotopic (exact) mass is 495 g/mol. The van der Waals surface area contributed by atoms with Gasteiger partial charge in [0.1, 0.15) is 18.0 Å². The second-order valence-corrected chi connectivity index (χ2v) is 9.81. The van der Waals surface area contributed by atoms with E-state index >= 15 is 0 Å². The van der Waals surface area contributed by atoms with E-state index in [0.29, 0.717) is 30.1 Å². The minimum Gasteiger partial charge on any atom is -0.349 e. The minimum absolute atomic E-state index is 0.0221. The van der Waals surface area contributed by atoms with E-state index in [-0.39, 0.29) is 23.9 Å². The Bertz CT molecular complexity index is 1520. The van der Waals surface area contributed by atoms with Crippen LogP contribution in [0.5, 0.6) is 0 Å². The molecule has 0 radical (unpaired) electrons. The molecule has 4 aromatic rings. The van der Waals surface area contributed by atoms with Gasteiger partial charge in [-0.1, -0.05) is 13.8 Å². The van der Waals surface area contributed by atoms with Crippen LogP contribution in [0.2, 0.25) is 0 Å². The smallest absolute Gasteiger partial charge is 0.225 e. The Morgan fingerprint density at radius 3 is 2.57 bits per heavy atom. The van der Waals surface area contributed by atoms with E-state index in [1.807, 2.05) is 36.4 Å². The molecule has 0 N–H and O–H groups in total. The Hall–Kier alpha value is -4.39. The Labute approximate surface area is 215 Å². The van der Waals surface area contributed by atoms with Crippen molar-refractivity contribution in [2.75, 3.05) is 18.0 Å². The van der Waals surface area contributed by atoms with Crippen molar-refractivity contribution in [3.63, 3.8) is 0 Å². The van der Waals surface area contributed by atoms with Gasteiger partial charge in [0.2, 0.25) is 5.91 Å². The highest BCUT2D eigenvalue weighted by Crippen LogP contribution is 2.38. The lowest BCUT2D eigenvalue weighted by molar-refractivity contribution is -0.137. The number of fused-ring (bicyclic) bond motifs is 1. The molecule has 0 bridgehead atoms. The summed E-state index contributed by atoms with van der Waals surface area (Å²) in [5.41, 5.74) is 3.51. The maximum atomic E-state index is 12.8. The highest BCUT2D eigenvalue weighted by atomic mass is 16.2. The number of aryl methyl sites for hydroxylation is 1. The molecule has 1 saturated heterocycles. The molecular formula is C27H29N9O. The van der Waals surface area contributed by atoms with Crippen LogP contribution >= 0.6 is 0 Å². The van der Waals surface area contributed by atoms with Crippen molar-refractivity contribution in [2.45, 2.75) is 46.7 Å². The van der Waals surface area contributed by atoms with E-state index in [9.17, 15) is 10.1 Å². The maximum Gasteiger partial charge on any atom is 0.225 e. The first-order valence-electron chi connectivity index (χ1n) is 12.4. The third-order valence-electron chi connectivity index (χ3n) is 6.86. The number of anilines is 1. The molecule has 1 aliphatic rings. The summed E-state index contributed by atoms with van der Waals surface area (Å²) in [6.07, 6.45) is 8.45. The predicted molar refractivity (Wildman–Crippen MR) is 140 cm³/mol. The van der Waals surface area contributed by atoms with Crippen molar-refractivity contribution < 1.29 is 4.79 Å². The second kappa shape index (κ2) is 9.58. The van der Waals surface area contributed by atoms with E-state index in [0.717, 1.165) is 28.2 Å². The first-order chi connectivity index (χ1) is 17.8. The fourth-order valence-corrected chi connectivity index (χ4v) is 4.97. The molecule has 0 aromatic carbocycles. The quantitative estimate of drug-likeness (QED) is 0.422. The summed E-state index contributed by atoms with van der Waals surface area (Å²) in [6, 6.07) is 5.64. The Balaban J connectivity index is 1.70. The van der Waals surface area contributed by atoms with Crippen LogP contribution in [-0.4, -0.2) is 65.5 Å². The Morgan fingerprint density at radius 1 is 1.05 bits per heavy atom. The van der Waals surface area contributed by atoms with Crippen LogP contribution < -0.4 is 4.90 Å². The lowest BCUT2D eigenvalue weighted by Crippen LogP contribution is -2.59. The number of carbonyl (C=O) groups is 1. The Kier molecular flexibility index (Phi) is 6.29. The number of hydrogen-bond acceptors (Lipinski definition) is 8. The Morgan fingerprint density at radius 2 is 1.84 bits per heavy atom. The third kappa shape index (κ3) is 4.27. The number of carbonyl (C=O) groups excluding carboxylic acids is 1. The molecule has 1 amide bonds. The van der Waals surface area contributed by atoms with Gasteiger partial charge in [-0.2, -0.15) is 5.26 Å². The normalized spacial score (nSPS) is 17.9. The maximum absolute atomic E-state index is 12.8. The minimum atomic E-state index is -0.0519. The van der Waals surface area contributed by atoms with Crippen LogP contribution in [0.3, 0.4) is 0 Å². The highest BCUT2D eigenvalue weighted by molar-refractivity contribution is 6.02. The number of nitriles is 1. The van der Waals surface area contributed by atoms with Crippen molar-refractivity contribution >= 4 is 22.8 Å². The van der Waals surface area contributed by atoms with Crippen molar-refractivity contribution in [2.24, 2.45) is 5.92 Å². The summed E-state index contributed by atoms with van der Waals surface area (Å²) in [4.78, 5) is 40.1. The second-order valence-electron chi connectivity index (χ2n) is 9.81. The lowest BCUT2D eigenvalue weighted by Gasteiger charge is -2.45. The van der Waals surface area contributed by atoms with Gasteiger partial charge in [0.05, 0.1) is 28.4 Å². The molecule has 5 rings (SSSR count). The van der Waals surface area contributed by atoms with E-state index in [4.69, 9.17) is 4.98 Å². The van der Waals surface area contributed by atoms with E-state index in [1.54, 1.807) is 37.1 Å². The van der Waals surface area contributed by atoms with Gasteiger partial charge in [0.25, 0.3) is 0 Å². The molecule has 10 nitrogen and oxygen atoms in total. The SMILES string of the molecule is Cc1nccnc1-c1cn(-c2cc(C#N)ccn2)c2ncnc(N3C[C@@H](C)N(C(=O)C(C)C)C[C@@H]3C)c12. The van der Waals surface area contributed by atoms with Gasteiger partial charge in [0.15, 0.2) is 5.65 Å². The molecule has 2 atom stereocenters. The molecule has 4 aromatic heterocycles. The van der Waals surface area contributed by atoms with Crippen LogP contribution in [-0.2, 0) is 4.79 Å². The first-order valence-corrected chi connectivity index (χ1v) is 12.4. The highest BCUT2D eigenvalue weighted by Gasteiger charge is 2.35. The number of pyridine rings is 1. The van der Waals surface area contributed by atoms with Crippen molar-refractivity contribution in [3.05, 3.63) is 54.5 Å². The number of aromatic nitrogens is 6.